The van der Waals surface area contributed by atoms with Crippen LogP contribution in [0.4, 0.5) is 0 Å². The second kappa shape index (κ2) is 5.02. The fourth-order valence-corrected chi connectivity index (χ4v) is 3.25. The number of hydrogen-bond donors (Lipinski definition) is 0. The first-order chi connectivity index (χ1) is 9.47. The fourth-order valence-electron chi connectivity index (χ4n) is 2.11. The van der Waals surface area contributed by atoms with E-state index in [9.17, 15) is 8.42 Å². The molecule has 1 saturated carbocycles. The lowest BCUT2D eigenvalue weighted by molar-refractivity contribution is 0.571. The van der Waals surface area contributed by atoms with Gasteiger partial charge in [-0.3, -0.25) is 4.57 Å². The number of halogens is 2. The third kappa shape index (κ3) is 2.68. The molecule has 106 valence electrons. The second-order valence-corrected chi connectivity index (χ2v) is 7.57. The van der Waals surface area contributed by atoms with Crippen LogP contribution in [0.25, 0.3) is 0 Å². The summed E-state index contributed by atoms with van der Waals surface area (Å²) >= 11 is 6.12. The Kier molecular flexibility index (Phi) is 3.48. The molecular formula is C12H11Cl2N3O2S. The molecule has 1 aliphatic rings. The second-order valence-electron chi connectivity index (χ2n) is 4.71. The van der Waals surface area contributed by atoms with Gasteiger partial charge in [-0.05, 0) is 24.5 Å². The normalized spacial score (nSPS) is 15.5. The topological polar surface area (TPSA) is 64.8 Å². The molecule has 1 aromatic carbocycles. The predicted octanol–water partition coefficient (Wildman–Crippen LogP) is 2.78. The minimum absolute atomic E-state index is 0.117. The molecule has 20 heavy (non-hydrogen) atoms. The standard InChI is InChI=1S/C12H11Cl2N3O2S/c13-10-4-2-1-3-8(10)7-11-15-16-12(20(14,18)19)17(11)9-5-6-9/h1-4,9H,5-7H2. The summed E-state index contributed by atoms with van der Waals surface area (Å²) < 4.78 is 24.7. The van der Waals surface area contributed by atoms with Crippen molar-refractivity contribution in [1.29, 1.82) is 0 Å². The Morgan fingerprint density at radius 1 is 1.25 bits per heavy atom. The van der Waals surface area contributed by atoms with Gasteiger partial charge in [0.2, 0.25) is 0 Å². The Morgan fingerprint density at radius 3 is 2.55 bits per heavy atom. The Balaban J connectivity index is 2.03. The maximum absolute atomic E-state index is 11.5. The van der Waals surface area contributed by atoms with Crippen LogP contribution < -0.4 is 0 Å². The highest BCUT2D eigenvalue weighted by atomic mass is 35.7. The molecule has 8 heteroatoms. The van der Waals surface area contributed by atoms with Crippen LogP contribution in [0.15, 0.2) is 29.4 Å². The maximum Gasteiger partial charge on any atom is 0.296 e. The summed E-state index contributed by atoms with van der Waals surface area (Å²) in [4.78, 5) is 0. The van der Waals surface area contributed by atoms with Crippen molar-refractivity contribution in [3.8, 4) is 0 Å². The zero-order chi connectivity index (χ0) is 14.3. The van der Waals surface area contributed by atoms with Gasteiger partial charge in [0.05, 0.1) is 0 Å². The molecule has 0 bridgehead atoms. The van der Waals surface area contributed by atoms with E-state index in [1.807, 2.05) is 18.2 Å². The van der Waals surface area contributed by atoms with E-state index in [-0.39, 0.29) is 11.2 Å². The van der Waals surface area contributed by atoms with E-state index in [1.165, 1.54) is 0 Å². The minimum atomic E-state index is -3.89. The van der Waals surface area contributed by atoms with Crippen LogP contribution in [-0.2, 0) is 15.5 Å². The summed E-state index contributed by atoms with van der Waals surface area (Å²) in [5.41, 5.74) is 0.877. The van der Waals surface area contributed by atoms with Gasteiger partial charge in [-0.1, -0.05) is 29.8 Å². The number of rotatable bonds is 4. The third-order valence-electron chi connectivity index (χ3n) is 3.17. The Hall–Kier alpha value is -1.11. The van der Waals surface area contributed by atoms with Gasteiger partial charge in [-0.2, -0.15) is 0 Å². The lowest BCUT2D eigenvalue weighted by Crippen LogP contribution is -2.08. The molecular weight excluding hydrogens is 321 g/mol. The maximum atomic E-state index is 11.5. The smallest absolute Gasteiger partial charge is 0.296 e. The first-order valence-electron chi connectivity index (χ1n) is 6.08. The fraction of sp³-hybridized carbons (Fsp3) is 0.333. The molecule has 0 atom stereocenters. The number of aromatic nitrogens is 3. The molecule has 0 spiro atoms. The van der Waals surface area contributed by atoms with Gasteiger partial charge < -0.3 is 0 Å². The Morgan fingerprint density at radius 2 is 1.95 bits per heavy atom. The van der Waals surface area contributed by atoms with Crippen molar-refractivity contribution in [3.63, 3.8) is 0 Å². The van der Waals surface area contributed by atoms with Crippen molar-refractivity contribution in [1.82, 2.24) is 14.8 Å². The van der Waals surface area contributed by atoms with Gasteiger partial charge in [0.15, 0.2) is 0 Å². The molecule has 3 rings (SSSR count). The van der Waals surface area contributed by atoms with Crippen molar-refractivity contribution in [2.75, 3.05) is 0 Å². The molecule has 1 aliphatic carbocycles. The van der Waals surface area contributed by atoms with Crippen LogP contribution in [0.5, 0.6) is 0 Å². The molecule has 1 aromatic heterocycles. The Bertz CT molecular complexity index is 754. The van der Waals surface area contributed by atoms with Gasteiger partial charge in [-0.25, -0.2) is 8.42 Å². The molecule has 0 N–H and O–H groups in total. The van der Waals surface area contributed by atoms with Crippen LogP contribution in [0.2, 0.25) is 5.02 Å². The molecule has 2 aromatic rings. The predicted molar refractivity (Wildman–Crippen MR) is 75.6 cm³/mol. The van der Waals surface area contributed by atoms with Crippen LogP contribution in [0.3, 0.4) is 0 Å². The van der Waals surface area contributed by atoms with E-state index in [0.717, 1.165) is 18.4 Å². The van der Waals surface area contributed by atoms with Crippen LogP contribution in [0, 0.1) is 0 Å². The Labute approximate surface area is 126 Å². The van der Waals surface area contributed by atoms with Crippen LogP contribution >= 0.6 is 22.3 Å². The number of benzene rings is 1. The number of hydrogen-bond acceptors (Lipinski definition) is 4. The third-order valence-corrected chi connectivity index (χ3v) is 4.67. The van der Waals surface area contributed by atoms with E-state index >= 15 is 0 Å². The van der Waals surface area contributed by atoms with Gasteiger partial charge in [0.25, 0.3) is 14.2 Å². The average molecular weight is 332 g/mol. The molecule has 1 fully saturated rings. The highest BCUT2D eigenvalue weighted by Crippen LogP contribution is 2.38. The summed E-state index contributed by atoms with van der Waals surface area (Å²) in [6.07, 6.45) is 2.25. The van der Waals surface area contributed by atoms with Crippen LogP contribution in [-0.4, -0.2) is 23.2 Å². The average Bonchev–Trinajstić information content (AvgIpc) is 3.12. The van der Waals surface area contributed by atoms with E-state index in [2.05, 4.69) is 10.2 Å². The molecule has 1 heterocycles. The van der Waals surface area contributed by atoms with Crippen molar-refractivity contribution >= 4 is 31.3 Å². The molecule has 0 aliphatic heterocycles. The number of nitrogens with zero attached hydrogens (tertiary/aromatic N) is 3. The molecule has 0 saturated heterocycles. The van der Waals surface area contributed by atoms with E-state index < -0.39 is 9.05 Å². The zero-order valence-corrected chi connectivity index (χ0v) is 12.7. The monoisotopic (exact) mass is 331 g/mol. The highest BCUT2D eigenvalue weighted by molar-refractivity contribution is 8.13. The van der Waals surface area contributed by atoms with Crippen LogP contribution in [0.1, 0.15) is 30.3 Å². The van der Waals surface area contributed by atoms with Gasteiger partial charge in [0.1, 0.15) is 5.82 Å². The zero-order valence-electron chi connectivity index (χ0n) is 10.3. The quantitative estimate of drug-likeness (QED) is 0.808. The van der Waals surface area contributed by atoms with E-state index in [4.69, 9.17) is 22.3 Å². The van der Waals surface area contributed by atoms with Crippen molar-refractivity contribution < 1.29 is 8.42 Å². The first kappa shape index (κ1) is 13.9. The molecule has 0 radical (unpaired) electrons. The molecule has 0 unspecified atom stereocenters. The first-order valence-corrected chi connectivity index (χ1v) is 8.77. The van der Waals surface area contributed by atoms with Gasteiger partial charge in [0, 0.05) is 28.2 Å². The minimum Gasteiger partial charge on any atom is -0.297 e. The summed E-state index contributed by atoms with van der Waals surface area (Å²) in [6.45, 7) is 0. The van der Waals surface area contributed by atoms with E-state index in [1.54, 1.807) is 10.6 Å². The SMILES string of the molecule is O=S(=O)(Cl)c1nnc(Cc2ccccc2Cl)n1C1CC1. The summed E-state index contributed by atoms with van der Waals surface area (Å²) in [5, 5.41) is 8.14. The van der Waals surface area contributed by atoms with Gasteiger partial charge >= 0.3 is 0 Å². The van der Waals surface area contributed by atoms with Gasteiger partial charge in [-0.15, -0.1) is 10.2 Å². The summed E-state index contributed by atoms with van der Waals surface area (Å²) in [5.74, 6) is 0.569. The highest BCUT2D eigenvalue weighted by Gasteiger charge is 2.33. The largest absolute Gasteiger partial charge is 0.297 e. The molecule has 5 nitrogen and oxygen atoms in total. The lowest BCUT2D eigenvalue weighted by atomic mass is 10.1. The van der Waals surface area contributed by atoms with E-state index in [0.29, 0.717) is 17.3 Å². The lowest BCUT2D eigenvalue weighted by Gasteiger charge is -2.08. The van der Waals surface area contributed by atoms with Crippen molar-refractivity contribution in [2.24, 2.45) is 0 Å². The van der Waals surface area contributed by atoms with Crippen molar-refractivity contribution in [3.05, 3.63) is 40.7 Å². The summed E-state index contributed by atoms with van der Waals surface area (Å²) in [6, 6.07) is 7.49. The molecule has 0 amide bonds. The van der Waals surface area contributed by atoms with Crippen molar-refractivity contribution in [2.45, 2.75) is 30.5 Å². The summed E-state index contributed by atoms with van der Waals surface area (Å²) in [7, 11) is 1.51.